The van der Waals surface area contributed by atoms with Crippen molar-refractivity contribution in [1.29, 1.82) is 0 Å². The highest BCUT2D eigenvalue weighted by Crippen LogP contribution is 2.27. The van der Waals surface area contributed by atoms with E-state index in [0.29, 0.717) is 10.7 Å². The molecule has 0 aliphatic carbocycles. The standard InChI is InChI=1S/C14H14FNO3S.C12H10FNO4/c1-2-20-12(17)7-9(8-15)16-13(18)10-5-3-4-6-11(10)14(16)19;13-6-7(5-10(15)16)14-11(17)8-3-1-2-4-9(8)12(14)18/h3-6,9H,2,7-8H2,1H3;1-4,7H,5-6H2,(H,15,16)/t9-;7-/m00/s1. The average Bonchev–Trinajstić information content (AvgIpc) is 3.31. The highest BCUT2D eigenvalue weighted by molar-refractivity contribution is 8.13. The summed E-state index contributed by atoms with van der Waals surface area (Å²) in [5.74, 6) is -3.00. The average molecular weight is 547 g/mol. The predicted octanol–water partition coefficient (Wildman–Crippen LogP) is 3.39. The number of hydrogen-bond donors (Lipinski definition) is 1. The Kier molecular flexibility index (Phi) is 9.45. The van der Waals surface area contributed by atoms with Crippen molar-refractivity contribution in [3.05, 3.63) is 70.8 Å². The molecule has 2 heterocycles. The molecule has 4 rings (SSSR count). The van der Waals surface area contributed by atoms with Gasteiger partial charge in [0, 0.05) is 6.42 Å². The number of nitrogens with zero attached hydrogens (tertiary/aromatic N) is 2. The van der Waals surface area contributed by atoms with Gasteiger partial charge in [0.2, 0.25) is 0 Å². The highest BCUT2D eigenvalue weighted by atomic mass is 32.2. The molecule has 2 aromatic rings. The third kappa shape index (κ3) is 5.80. The number of halogens is 2. The van der Waals surface area contributed by atoms with Gasteiger partial charge in [-0.2, -0.15) is 0 Å². The van der Waals surface area contributed by atoms with E-state index in [-0.39, 0.29) is 33.8 Å². The van der Waals surface area contributed by atoms with Gasteiger partial charge in [-0.05, 0) is 30.0 Å². The van der Waals surface area contributed by atoms with Crippen LogP contribution in [0.3, 0.4) is 0 Å². The molecule has 9 nitrogen and oxygen atoms in total. The minimum Gasteiger partial charge on any atom is -0.481 e. The summed E-state index contributed by atoms with van der Waals surface area (Å²) in [5.41, 5.74) is 0.913. The first kappa shape index (κ1) is 28.6. The fourth-order valence-corrected chi connectivity index (χ4v) is 4.75. The number of alkyl halides is 2. The smallest absolute Gasteiger partial charge is 0.305 e. The Bertz CT molecular complexity index is 1220. The van der Waals surface area contributed by atoms with Crippen LogP contribution in [0, 0.1) is 0 Å². The molecule has 0 bridgehead atoms. The van der Waals surface area contributed by atoms with Gasteiger partial charge in [-0.3, -0.25) is 38.6 Å². The van der Waals surface area contributed by atoms with Crippen molar-refractivity contribution in [2.75, 3.05) is 19.1 Å². The van der Waals surface area contributed by atoms with Crippen LogP contribution in [-0.4, -0.2) is 80.8 Å². The van der Waals surface area contributed by atoms with Crippen LogP contribution in [0.2, 0.25) is 0 Å². The first-order chi connectivity index (χ1) is 18.2. The molecule has 2 aromatic carbocycles. The van der Waals surface area contributed by atoms with Crippen LogP contribution in [-0.2, 0) is 9.59 Å². The zero-order valence-electron chi connectivity index (χ0n) is 20.3. The van der Waals surface area contributed by atoms with E-state index in [4.69, 9.17) is 5.11 Å². The molecule has 0 fully saturated rings. The number of thioether (sulfide) groups is 1. The van der Waals surface area contributed by atoms with Gasteiger partial charge in [0.1, 0.15) is 13.3 Å². The zero-order chi connectivity index (χ0) is 28.0. The van der Waals surface area contributed by atoms with Crippen LogP contribution in [0.1, 0.15) is 61.2 Å². The number of rotatable bonds is 9. The monoisotopic (exact) mass is 546 g/mol. The van der Waals surface area contributed by atoms with Crippen molar-refractivity contribution in [1.82, 2.24) is 9.80 Å². The molecule has 0 spiro atoms. The van der Waals surface area contributed by atoms with Crippen molar-refractivity contribution in [3.8, 4) is 0 Å². The maximum absolute atomic E-state index is 13.2. The lowest BCUT2D eigenvalue weighted by Crippen LogP contribution is -2.42. The lowest BCUT2D eigenvalue weighted by molar-refractivity contribution is -0.138. The van der Waals surface area contributed by atoms with Crippen LogP contribution in [0.4, 0.5) is 8.78 Å². The summed E-state index contributed by atoms with van der Waals surface area (Å²) in [6.07, 6.45) is -0.748. The molecular weight excluding hydrogens is 522 g/mol. The molecular formula is C26H24F2N2O7S. The normalized spacial score (nSPS) is 15.6. The largest absolute Gasteiger partial charge is 0.481 e. The molecule has 2 aliphatic rings. The Morgan fingerprint density at radius 1 is 0.737 bits per heavy atom. The van der Waals surface area contributed by atoms with Crippen molar-refractivity contribution in [2.45, 2.75) is 31.8 Å². The number of fused-ring (bicyclic) bond motifs is 2. The van der Waals surface area contributed by atoms with Gasteiger partial charge < -0.3 is 5.11 Å². The Balaban J connectivity index is 0.000000212. The second kappa shape index (κ2) is 12.5. The SMILES string of the molecule is CCSC(=O)C[C@@H](CF)N1C(=O)c2ccccc2C1=O.O=C(O)C[C@@H](CF)N1C(=O)c2ccccc2C1=O. The zero-order valence-corrected chi connectivity index (χ0v) is 21.1. The van der Waals surface area contributed by atoms with Gasteiger partial charge in [0.05, 0.1) is 40.8 Å². The van der Waals surface area contributed by atoms with Crippen LogP contribution in [0.5, 0.6) is 0 Å². The Morgan fingerprint density at radius 3 is 1.37 bits per heavy atom. The molecule has 0 aromatic heterocycles. The van der Waals surface area contributed by atoms with E-state index >= 15 is 0 Å². The number of aliphatic carboxylic acids is 1. The number of hydrogen-bond acceptors (Lipinski definition) is 7. The summed E-state index contributed by atoms with van der Waals surface area (Å²) in [6.45, 7) is -0.172. The van der Waals surface area contributed by atoms with Crippen LogP contribution < -0.4 is 0 Å². The lowest BCUT2D eigenvalue weighted by atomic mass is 10.1. The van der Waals surface area contributed by atoms with Crippen molar-refractivity contribution < 1.29 is 42.7 Å². The fourth-order valence-electron chi connectivity index (χ4n) is 4.12. The van der Waals surface area contributed by atoms with E-state index in [1.165, 1.54) is 24.3 Å². The Hall–Kier alpha value is -3.93. The minimum atomic E-state index is -1.26. The quantitative estimate of drug-likeness (QED) is 0.474. The molecule has 0 unspecified atom stereocenters. The summed E-state index contributed by atoms with van der Waals surface area (Å²) < 4.78 is 26.0. The maximum Gasteiger partial charge on any atom is 0.305 e. The lowest BCUT2D eigenvalue weighted by Gasteiger charge is -2.22. The molecule has 200 valence electrons. The van der Waals surface area contributed by atoms with Crippen molar-refractivity contribution in [3.63, 3.8) is 0 Å². The summed E-state index contributed by atoms with van der Waals surface area (Å²) in [5, 5.41) is 8.43. The number of carboxylic acids is 1. The Labute approximate surface area is 220 Å². The number of carboxylic acid groups (broad SMARTS) is 1. The van der Waals surface area contributed by atoms with Gasteiger partial charge in [-0.1, -0.05) is 43.0 Å². The molecule has 0 radical (unpaired) electrons. The summed E-state index contributed by atoms with van der Waals surface area (Å²) >= 11 is 1.07. The maximum atomic E-state index is 13.2. The van der Waals surface area contributed by atoms with Crippen LogP contribution in [0.15, 0.2) is 48.5 Å². The van der Waals surface area contributed by atoms with Gasteiger partial charge in [0.15, 0.2) is 5.12 Å². The molecule has 38 heavy (non-hydrogen) atoms. The van der Waals surface area contributed by atoms with E-state index in [0.717, 1.165) is 16.7 Å². The first-order valence-electron chi connectivity index (χ1n) is 11.6. The van der Waals surface area contributed by atoms with Crippen LogP contribution >= 0.6 is 11.8 Å². The van der Waals surface area contributed by atoms with E-state index in [1.807, 2.05) is 6.92 Å². The fraction of sp³-hybridized carbons (Fsp3) is 0.308. The minimum absolute atomic E-state index is 0.152. The number of carbonyl (C=O) groups is 6. The predicted molar refractivity (Wildman–Crippen MR) is 133 cm³/mol. The molecule has 1 N–H and O–H groups in total. The molecule has 4 amide bonds. The van der Waals surface area contributed by atoms with E-state index in [2.05, 4.69) is 0 Å². The molecule has 0 saturated heterocycles. The summed E-state index contributed by atoms with van der Waals surface area (Å²) in [6, 6.07) is 10.2. The van der Waals surface area contributed by atoms with E-state index in [9.17, 15) is 37.5 Å². The van der Waals surface area contributed by atoms with Crippen molar-refractivity contribution >= 4 is 46.5 Å². The third-order valence-electron chi connectivity index (χ3n) is 5.86. The van der Waals surface area contributed by atoms with Gasteiger partial charge in [0.25, 0.3) is 23.6 Å². The summed E-state index contributed by atoms with van der Waals surface area (Å²) in [4.78, 5) is 72.0. The highest BCUT2D eigenvalue weighted by Gasteiger charge is 2.41. The summed E-state index contributed by atoms with van der Waals surface area (Å²) in [7, 11) is 0. The van der Waals surface area contributed by atoms with Gasteiger partial charge in [-0.15, -0.1) is 0 Å². The second-order valence-electron chi connectivity index (χ2n) is 8.28. The molecule has 0 saturated carbocycles. The number of amides is 4. The van der Waals surface area contributed by atoms with E-state index < -0.39 is 61.5 Å². The third-order valence-corrected chi connectivity index (χ3v) is 6.63. The topological polar surface area (TPSA) is 129 Å². The number of carbonyl (C=O) groups excluding carboxylic acids is 5. The van der Waals surface area contributed by atoms with Gasteiger partial charge in [-0.25, -0.2) is 8.78 Å². The van der Waals surface area contributed by atoms with Crippen molar-refractivity contribution in [2.24, 2.45) is 0 Å². The first-order valence-corrected chi connectivity index (χ1v) is 12.6. The van der Waals surface area contributed by atoms with Gasteiger partial charge >= 0.3 is 5.97 Å². The van der Waals surface area contributed by atoms with E-state index in [1.54, 1.807) is 24.3 Å². The molecule has 2 aliphatic heterocycles. The molecule has 12 heteroatoms. The molecule has 2 atom stereocenters. The second-order valence-corrected chi connectivity index (χ2v) is 9.60. The number of imide groups is 2. The number of benzene rings is 2. The van der Waals surface area contributed by atoms with Crippen LogP contribution in [0.25, 0.3) is 0 Å². The Morgan fingerprint density at radius 2 is 1.08 bits per heavy atom.